The first-order valence-corrected chi connectivity index (χ1v) is 8.35. The van der Waals surface area contributed by atoms with Crippen LogP contribution in [0.3, 0.4) is 0 Å². The van der Waals surface area contributed by atoms with E-state index in [9.17, 15) is 8.42 Å². The van der Waals surface area contributed by atoms with E-state index < -0.39 is 10.0 Å². The fourth-order valence-corrected chi connectivity index (χ4v) is 4.39. The number of thiophene rings is 1. The predicted octanol–water partition coefficient (Wildman–Crippen LogP) is 3.41. The maximum Gasteiger partial charge on any atom is 0.247 e. The van der Waals surface area contributed by atoms with Crippen molar-refractivity contribution >= 4 is 21.4 Å². The molecule has 0 spiro atoms. The third-order valence-corrected chi connectivity index (χ3v) is 5.95. The zero-order valence-electron chi connectivity index (χ0n) is 11.9. The van der Waals surface area contributed by atoms with E-state index in [4.69, 9.17) is 4.74 Å². The van der Waals surface area contributed by atoms with Crippen LogP contribution >= 0.6 is 11.3 Å². The summed E-state index contributed by atoms with van der Waals surface area (Å²) in [6.45, 7) is 3.66. The van der Waals surface area contributed by atoms with Crippen LogP contribution in [0.2, 0.25) is 0 Å². The largest absolute Gasteiger partial charge is 0.455 e. The second kappa shape index (κ2) is 5.55. The van der Waals surface area contributed by atoms with Crippen LogP contribution in [-0.4, -0.2) is 26.8 Å². The topological polar surface area (TPSA) is 46.6 Å². The standard InChI is InChI=1S/C14H17NO3S2/c1-10-13(18-12-8-6-5-7-9-12)14(11(2)19-10)20(16,17)15(3)4/h5-9H,1-4H3. The van der Waals surface area contributed by atoms with Crippen LogP contribution in [0.15, 0.2) is 35.2 Å². The Morgan fingerprint density at radius 3 is 2.20 bits per heavy atom. The van der Waals surface area contributed by atoms with Crippen LogP contribution in [0.5, 0.6) is 11.5 Å². The molecule has 0 aliphatic rings. The van der Waals surface area contributed by atoms with Crippen molar-refractivity contribution in [3.05, 3.63) is 40.1 Å². The second-order valence-corrected chi connectivity index (χ2v) is 8.09. The van der Waals surface area contributed by atoms with Gasteiger partial charge in [0.05, 0.1) is 0 Å². The van der Waals surface area contributed by atoms with E-state index in [0.717, 1.165) is 9.75 Å². The molecule has 0 amide bonds. The molecule has 6 heteroatoms. The van der Waals surface area contributed by atoms with Crippen molar-refractivity contribution in [3.63, 3.8) is 0 Å². The summed E-state index contributed by atoms with van der Waals surface area (Å²) in [6, 6.07) is 9.20. The average molecular weight is 311 g/mol. The van der Waals surface area contributed by atoms with Crippen molar-refractivity contribution in [1.82, 2.24) is 4.31 Å². The normalized spacial score (nSPS) is 11.8. The number of sulfonamides is 1. The zero-order valence-corrected chi connectivity index (χ0v) is 13.5. The van der Waals surface area contributed by atoms with Crippen molar-refractivity contribution in [2.45, 2.75) is 18.7 Å². The Morgan fingerprint density at radius 1 is 1.05 bits per heavy atom. The number of ether oxygens (including phenoxy) is 1. The summed E-state index contributed by atoms with van der Waals surface area (Å²) in [5.74, 6) is 1.05. The van der Waals surface area contributed by atoms with E-state index in [0.29, 0.717) is 11.5 Å². The smallest absolute Gasteiger partial charge is 0.247 e. The van der Waals surface area contributed by atoms with Gasteiger partial charge in [0.15, 0.2) is 5.75 Å². The molecular weight excluding hydrogens is 294 g/mol. The number of hydrogen-bond donors (Lipinski definition) is 0. The Hall–Kier alpha value is -1.37. The van der Waals surface area contributed by atoms with Gasteiger partial charge in [-0.25, -0.2) is 12.7 Å². The first-order chi connectivity index (χ1) is 9.34. The molecule has 108 valence electrons. The highest BCUT2D eigenvalue weighted by Crippen LogP contribution is 2.41. The maximum atomic E-state index is 12.4. The molecule has 0 radical (unpaired) electrons. The quantitative estimate of drug-likeness (QED) is 0.869. The molecule has 0 saturated heterocycles. The van der Waals surface area contributed by atoms with Gasteiger partial charge >= 0.3 is 0 Å². The van der Waals surface area contributed by atoms with Gasteiger partial charge in [-0.1, -0.05) is 18.2 Å². The van der Waals surface area contributed by atoms with E-state index in [1.165, 1.54) is 29.7 Å². The van der Waals surface area contributed by atoms with Crippen LogP contribution in [0, 0.1) is 13.8 Å². The Bertz CT molecular complexity index is 704. The van der Waals surface area contributed by atoms with Crippen molar-refractivity contribution in [2.24, 2.45) is 0 Å². The van der Waals surface area contributed by atoms with Crippen LogP contribution in [0.25, 0.3) is 0 Å². The minimum atomic E-state index is -3.52. The minimum absolute atomic E-state index is 0.258. The summed E-state index contributed by atoms with van der Waals surface area (Å²) < 4.78 is 31.9. The minimum Gasteiger partial charge on any atom is -0.455 e. The number of nitrogens with zero attached hydrogens (tertiary/aromatic N) is 1. The van der Waals surface area contributed by atoms with Crippen molar-refractivity contribution in [2.75, 3.05) is 14.1 Å². The number of rotatable bonds is 4. The molecule has 0 atom stereocenters. The van der Waals surface area contributed by atoms with Gasteiger partial charge < -0.3 is 4.74 Å². The number of aryl methyl sites for hydroxylation is 2. The Labute approximate surface area is 123 Å². The summed E-state index contributed by atoms with van der Waals surface area (Å²) in [6.07, 6.45) is 0. The molecule has 0 aliphatic carbocycles. The molecule has 1 heterocycles. The van der Waals surface area contributed by atoms with Gasteiger partial charge in [0.1, 0.15) is 10.6 Å². The number of benzene rings is 1. The summed E-state index contributed by atoms with van der Waals surface area (Å²) in [7, 11) is -0.475. The molecule has 2 aromatic rings. The fourth-order valence-electron chi connectivity index (χ4n) is 1.85. The SMILES string of the molecule is Cc1sc(C)c(S(=O)(=O)N(C)C)c1Oc1ccccc1. The lowest BCUT2D eigenvalue weighted by molar-refractivity contribution is 0.460. The lowest BCUT2D eigenvalue weighted by atomic mass is 10.3. The van der Waals surface area contributed by atoms with E-state index in [2.05, 4.69) is 0 Å². The van der Waals surface area contributed by atoms with E-state index in [1.54, 1.807) is 19.1 Å². The molecular formula is C14H17NO3S2. The summed E-state index contributed by atoms with van der Waals surface area (Å²) in [5.41, 5.74) is 0. The van der Waals surface area contributed by atoms with Gasteiger partial charge in [-0.05, 0) is 26.0 Å². The molecule has 1 aromatic heterocycles. The number of hydrogen-bond acceptors (Lipinski definition) is 4. The Kier molecular flexibility index (Phi) is 4.17. The fraction of sp³-hybridized carbons (Fsp3) is 0.286. The zero-order chi connectivity index (χ0) is 14.9. The summed E-state index contributed by atoms with van der Waals surface area (Å²) >= 11 is 1.43. The van der Waals surface area contributed by atoms with E-state index >= 15 is 0 Å². The molecule has 0 bridgehead atoms. The molecule has 4 nitrogen and oxygen atoms in total. The van der Waals surface area contributed by atoms with Crippen molar-refractivity contribution < 1.29 is 13.2 Å². The molecule has 0 N–H and O–H groups in total. The van der Waals surface area contributed by atoms with Gasteiger partial charge in [0, 0.05) is 23.8 Å². The highest BCUT2D eigenvalue weighted by molar-refractivity contribution is 7.89. The Balaban J connectivity index is 2.55. The Morgan fingerprint density at radius 2 is 1.65 bits per heavy atom. The van der Waals surface area contributed by atoms with Gasteiger partial charge in [-0.3, -0.25) is 0 Å². The van der Waals surface area contributed by atoms with Crippen molar-refractivity contribution in [1.29, 1.82) is 0 Å². The predicted molar refractivity (Wildman–Crippen MR) is 81.2 cm³/mol. The molecule has 0 saturated carbocycles. The van der Waals surface area contributed by atoms with Crippen LogP contribution < -0.4 is 4.74 Å². The lowest BCUT2D eigenvalue weighted by Gasteiger charge is -2.14. The summed E-state index contributed by atoms with van der Waals surface area (Å²) in [4.78, 5) is 1.85. The molecule has 0 fully saturated rings. The second-order valence-electron chi connectivity index (χ2n) is 4.58. The highest BCUT2D eigenvalue weighted by atomic mass is 32.2. The molecule has 0 unspecified atom stereocenters. The van der Waals surface area contributed by atoms with Gasteiger partial charge in [0.25, 0.3) is 0 Å². The molecule has 0 aliphatic heterocycles. The first kappa shape index (κ1) is 15.0. The lowest BCUT2D eigenvalue weighted by Crippen LogP contribution is -2.22. The van der Waals surface area contributed by atoms with Gasteiger partial charge in [-0.15, -0.1) is 11.3 Å². The third kappa shape index (κ3) is 2.72. The molecule has 1 aromatic carbocycles. The average Bonchev–Trinajstić information content (AvgIpc) is 2.65. The molecule has 2 rings (SSSR count). The van der Waals surface area contributed by atoms with Crippen LogP contribution in [0.4, 0.5) is 0 Å². The van der Waals surface area contributed by atoms with Crippen LogP contribution in [0.1, 0.15) is 9.75 Å². The summed E-state index contributed by atoms with van der Waals surface area (Å²) in [5, 5.41) is 0. The van der Waals surface area contributed by atoms with Crippen LogP contribution in [-0.2, 0) is 10.0 Å². The number of para-hydroxylation sites is 1. The third-order valence-electron chi connectivity index (χ3n) is 2.85. The van der Waals surface area contributed by atoms with Gasteiger partial charge in [0.2, 0.25) is 10.0 Å². The van der Waals surface area contributed by atoms with Crippen molar-refractivity contribution in [3.8, 4) is 11.5 Å². The van der Waals surface area contributed by atoms with E-state index in [1.807, 2.05) is 25.1 Å². The van der Waals surface area contributed by atoms with E-state index in [-0.39, 0.29) is 4.90 Å². The maximum absolute atomic E-state index is 12.4. The molecule has 20 heavy (non-hydrogen) atoms. The first-order valence-electron chi connectivity index (χ1n) is 6.09. The highest BCUT2D eigenvalue weighted by Gasteiger charge is 2.28. The monoisotopic (exact) mass is 311 g/mol. The van der Waals surface area contributed by atoms with Gasteiger partial charge in [-0.2, -0.15) is 0 Å².